The number of benzene rings is 1. The summed E-state index contributed by atoms with van der Waals surface area (Å²) in [6.07, 6.45) is 4.79. The highest BCUT2D eigenvalue weighted by molar-refractivity contribution is 6.45. The molecule has 0 saturated carbocycles. The summed E-state index contributed by atoms with van der Waals surface area (Å²) in [5.74, 6) is 4.73. The van der Waals surface area contributed by atoms with Crippen LogP contribution in [0.1, 0.15) is 29.8 Å². The predicted octanol–water partition coefficient (Wildman–Crippen LogP) is 1.99. The van der Waals surface area contributed by atoms with E-state index in [9.17, 15) is 14.0 Å². The minimum atomic E-state index is -0.795. The van der Waals surface area contributed by atoms with Gasteiger partial charge in [-0.3, -0.25) is 19.6 Å². The third-order valence-corrected chi connectivity index (χ3v) is 6.10. The number of amides is 1. The summed E-state index contributed by atoms with van der Waals surface area (Å²) < 4.78 is 14.7. The number of piperazine rings is 1. The van der Waals surface area contributed by atoms with Gasteiger partial charge in [-0.25, -0.2) is 15.2 Å². The summed E-state index contributed by atoms with van der Waals surface area (Å²) in [5, 5.41) is 1.05. The van der Waals surface area contributed by atoms with Gasteiger partial charge >= 0.3 is 0 Å². The molecule has 4 heterocycles. The number of hydrogen-bond donors (Lipinski definition) is 3. The number of nitrogens with two attached hydrogens (primary N) is 2. The maximum Gasteiger partial charge on any atom is 0.295 e. The molecule has 5 N–H and O–H groups in total. The summed E-state index contributed by atoms with van der Waals surface area (Å²) in [4.78, 5) is 41.4. The van der Waals surface area contributed by atoms with Crippen molar-refractivity contribution in [1.82, 2.24) is 19.8 Å². The maximum atomic E-state index is 14.7. The smallest absolute Gasteiger partial charge is 0.295 e. The fourth-order valence-electron chi connectivity index (χ4n) is 4.49. The second-order valence-electron chi connectivity index (χ2n) is 8.09. The zero-order valence-electron chi connectivity index (χ0n) is 20.2. The van der Waals surface area contributed by atoms with Crippen molar-refractivity contribution >= 4 is 34.2 Å². The van der Waals surface area contributed by atoms with E-state index in [0.717, 1.165) is 22.6 Å². The molecule has 0 bridgehead atoms. The first-order valence-electron chi connectivity index (χ1n) is 11.8. The highest BCUT2D eigenvalue weighted by Gasteiger charge is 2.37. The Morgan fingerprint density at radius 3 is 2.69 bits per heavy atom. The molecule has 3 aromatic rings. The van der Waals surface area contributed by atoms with Crippen LogP contribution in [0, 0.1) is 5.82 Å². The Labute approximate surface area is 208 Å². The number of rotatable bonds is 5. The molecule has 5 rings (SSSR count). The van der Waals surface area contributed by atoms with Crippen molar-refractivity contribution in [3.05, 3.63) is 72.1 Å². The molecule has 2 aliphatic heterocycles. The number of fused-ring (bicyclic) bond motifs is 2. The van der Waals surface area contributed by atoms with Crippen LogP contribution in [0.5, 0.6) is 0 Å². The number of aromatic amines is 1. The molecule has 188 valence electrons. The Morgan fingerprint density at radius 1 is 1.22 bits per heavy atom. The number of pyridine rings is 1. The third kappa shape index (κ3) is 4.40. The van der Waals surface area contributed by atoms with E-state index in [4.69, 9.17) is 11.6 Å². The Kier molecular flexibility index (Phi) is 7.30. The van der Waals surface area contributed by atoms with E-state index in [2.05, 4.69) is 19.9 Å². The first-order valence-corrected chi connectivity index (χ1v) is 11.8. The topological polar surface area (TPSA) is 137 Å². The SMILES string of the molecule is CC.N/C=C\N(N)c1ncc(F)c2c(C(=O)C(=O)N3CCN4C(c5ccccc5)=NCC4C3)c[nH]c12. The standard InChI is InChI=1S/C23H23FN8O2.C2H6/c24-17-12-29-22(32(26)7-6-25)19-18(17)16(11-27-19)20(33)23(34)30-8-9-31-15(13-30)10-28-21(31)14-4-2-1-3-5-14;1-2/h1-7,11-12,15,27H,8-10,13,25-26H2;1-2H3/b7-6-;. The highest BCUT2D eigenvalue weighted by Crippen LogP contribution is 2.29. The number of aliphatic imine (C=N–C) groups is 1. The number of aromatic nitrogens is 2. The van der Waals surface area contributed by atoms with E-state index in [1.165, 1.54) is 23.5 Å². The number of halogens is 1. The van der Waals surface area contributed by atoms with Crippen LogP contribution in [0.2, 0.25) is 0 Å². The predicted molar refractivity (Wildman–Crippen MR) is 137 cm³/mol. The van der Waals surface area contributed by atoms with Crippen LogP contribution in [0.25, 0.3) is 10.9 Å². The fourth-order valence-corrected chi connectivity index (χ4v) is 4.49. The van der Waals surface area contributed by atoms with E-state index in [0.29, 0.717) is 26.2 Å². The summed E-state index contributed by atoms with van der Waals surface area (Å²) in [7, 11) is 0. The molecule has 0 aliphatic carbocycles. The number of anilines is 1. The Hall–Kier alpha value is -4.25. The van der Waals surface area contributed by atoms with Crippen LogP contribution in [0.4, 0.5) is 10.2 Å². The maximum absolute atomic E-state index is 14.7. The number of ketones is 1. The first kappa shape index (κ1) is 24.9. The second kappa shape index (κ2) is 10.6. The van der Waals surface area contributed by atoms with Gasteiger partial charge in [0.1, 0.15) is 5.84 Å². The van der Waals surface area contributed by atoms with Crippen molar-refractivity contribution in [1.29, 1.82) is 0 Å². The van der Waals surface area contributed by atoms with Crippen LogP contribution in [0.15, 0.2) is 60.1 Å². The Bertz CT molecular complexity index is 1320. The quantitative estimate of drug-likeness (QED) is 0.214. The van der Waals surface area contributed by atoms with Crippen molar-refractivity contribution in [3.8, 4) is 0 Å². The van der Waals surface area contributed by atoms with Gasteiger partial charge in [-0.2, -0.15) is 0 Å². The molecule has 0 spiro atoms. The lowest BCUT2D eigenvalue weighted by Gasteiger charge is -2.38. The number of carbonyl (C=O) groups excluding carboxylic acids is 2. The van der Waals surface area contributed by atoms with Gasteiger partial charge in [-0.05, 0) is 0 Å². The molecular formula is C25H29FN8O2. The molecule has 1 saturated heterocycles. The Balaban J connectivity index is 0.00000148. The molecule has 2 aromatic heterocycles. The molecule has 1 amide bonds. The monoisotopic (exact) mass is 492 g/mol. The van der Waals surface area contributed by atoms with Crippen molar-refractivity contribution in [2.24, 2.45) is 16.6 Å². The number of Topliss-reactive ketones (excluding diaryl/α,β-unsaturated/α-hetero) is 1. The summed E-state index contributed by atoms with van der Waals surface area (Å²) in [6.45, 7) is 5.82. The lowest BCUT2D eigenvalue weighted by atomic mass is 10.1. The number of nitrogens with zero attached hydrogens (tertiary/aromatic N) is 5. The van der Waals surface area contributed by atoms with Crippen molar-refractivity contribution in [2.75, 3.05) is 31.2 Å². The van der Waals surface area contributed by atoms with Crippen LogP contribution in [-0.4, -0.2) is 69.5 Å². The number of H-pyrrole nitrogens is 1. The van der Waals surface area contributed by atoms with E-state index in [-0.39, 0.29) is 28.3 Å². The molecule has 1 aromatic carbocycles. The van der Waals surface area contributed by atoms with Gasteiger partial charge in [0.15, 0.2) is 11.6 Å². The molecule has 10 nitrogen and oxygen atoms in total. The summed E-state index contributed by atoms with van der Waals surface area (Å²) in [6, 6.07) is 9.86. The van der Waals surface area contributed by atoms with Gasteiger partial charge in [0.2, 0.25) is 0 Å². The molecule has 11 heteroatoms. The van der Waals surface area contributed by atoms with Gasteiger partial charge in [-0.15, -0.1) is 0 Å². The summed E-state index contributed by atoms with van der Waals surface area (Å²) >= 11 is 0. The molecular weight excluding hydrogens is 463 g/mol. The molecule has 1 fully saturated rings. The largest absolute Gasteiger partial charge is 0.403 e. The number of hydrazine groups is 1. The average Bonchev–Trinajstić information content (AvgIpc) is 3.55. The molecule has 36 heavy (non-hydrogen) atoms. The first-order chi connectivity index (χ1) is 17.5. The van der Waals surface area contributed by atoms with Crippen molar-refractivity contribution in [3.63, 3.8) is 0 Å². The fraction of sp³-hybridized carbons (Fsp3) is 0.280. The molecule has 0 radical (unpaired) electrons. The highest BCUT2D eigenvalue weighted by atomic mass is 19.1. The minimum Gasteiger partial charge on any atom is -0.403 e. The Morgan fingerprint density at radius 2 is 1.97 bits per heavy atom. The van der Waals surface area contributed by atoms with Gasteiger partial charge in [0, 0.05) is 43.8 Å². The number of hydrogen-bond acceptors (Lipinski definition) is 8. The second-order valence-corrected chi connectivity index (χ2v) is 8.09. The van der Waals surface area contributed by atoms with Crippen LogP contribution in [0.3, 0.4) is 0 Å². The average molecular weight is 493 g/mol. The summed E-state index contributed by atoms with van der Waals surface area (Å²) in [5.41, 5.74) is 6.52. The molecule has 1 unspecified atom stereocenters. The normalized spacial score (nSPS) is 17.0. The number of nitrogens with one attached hydrogen (secondary N) is 1. The van der Waals surface area contributed by atoms with Gasteiger partial charge in [0.05, 0.1) is 35.2 Å². The van der Waals surface area contributed by atoms with Gasteiger partial charge < -0.3 is 20.5 Å². The number of carbonyl (C=O) groups is 2. The van der Waals surface area contributed by atoms with Crippen LogP contribution in [-0.2, 0) is 4.79 Å². The lowest BCUT2D eigenvalue weighted by molar-refractivity contribution is -0.128. The zero-order chi connectivity index (χ0) is 25.8. The zero-order valence-corrected chi connectivity index (χ0v) is 20.2. The van der Waals surface area contributed by atoms with Crippen molar-refractivity contribution < 1.29 is 14.0 Å². The van der Waals surface area contributed by atoms with E-state index in [1.54, 1.807) is 0 Å². The lowest BCUT2D eigenvalue weighted by Crippen LogP contribution is -2.56. The van der Waals surface area contributed by atoms with E-state index < -0.39 is 17.5 Å². The molecule has 2 aliphatic rings. The minimum absolute atomic E-state index is 0.00920. The molecule has 1 atom stereocenters. The third-order valence-electron chi connectivity index (χ3n) is 6.10. The van der Waals surface area contributed by atoms with Gasteiger partial charge in [-0.1, -0.05) is 44.2 Å². The van der Waals surface area contributed by atoms with Gasteiger partial charge in [0.25, 0.3) is 11.7 Å². The van der Waals surface area contributed by atoms with E-state index in [1.807, 2.05) is 44.2 Å². The van der Waals surface area contributed by atoms with Crippen LogP contribution >= 0.6 is 0 Å². The number of amidine groups is 1. The van der Waals surface area contributed by atoms with Crippen molar-refractivity contribution in [2.45, 2.75) is 19.9 Å². The van der Waals surface area contributed by atoms with E-state index >= 15 is 0 Å². The van der Waals surface area contributed by atoms with Crippen LogP contribution < -0.4 is 16.6 Å².